The van der Waals surface area contributed by atoms with Crippen molar-refractivity contribution in [3.63, 3.8) is 0 Å². The van der Waals surface area contributed by atoms with E-state index in [0.29, 0.717) is 33.9 Å². The zero-order chi connectivity index (χ0) is 28.6. The number of fused-ring (bicyclic) bond motifs is 1. The van der Waals surface area contributed by atoms with Gasteiger partial charge in [0.2, 0.25) is 0 Å². The van der Waals surface area contributed by atoms with Crippen LogP contribution in [-0.4, -0.2) is 29.9 Å². The van der Waals surface area contributed by atoms with Crippen molar-refractivity contribution in [2.45, 2.75) is 52.5 Å². The van der Waals surface area contributed by atoms with E-state index >= 15 is 0 Å². The van der Waals surface area contributed by atoms with Crippen LogP contribution >= 0.6 is 11.6 Å². The number of nitrogens with zero attached hydrogens (tertiary/aromatic N) is 4. The Balaban J connectivity index is 1.87. The van der Waals surface area contributed by atoms with E-state index in [2.05, 4.69) is 88.1 Å². The molecule has 8 nitrogen and oxygen atoms in total. The van der Waals surface area contributed by atoms with Crippen LogP contribution in [-0.2, 0) is 5.44 Å². The first-order valence-electron chi connectivity index (χ1n) is 12.8. The number of aromatic nitrogens is 1. The summed E-state index contributed by atoms with van der Waals surface area (Å²) < 4.78 is 0. The molecule has 0 amide bonds. The fraction of sp³-hybridized carbons (Fsp3) is 0.345. The predicted molar refractivity (Wildman–Crippen MR) is 160 cm³/mol. The van der Waals surface area contributed by atoms with Gasteiger partial charge < -0.3 is 16.1 Å². The minimum absolute atomic E-state index is 0.00114. The normalized spacial score (nSPS) is 15.1. The molecule has 2 aromatic carbocycles. The van der Waals surface area contributed by atoms with Gasteiger partial charge in [-0.2, -0.15) is 10.5 Å². The number of halogens is 1. The van der Waals surface area contributed by atoms with Gasteiger partial charge in [0.25, 0.3) is 0 Å². The molecule has 4 rings (SSSR count). The summed E-state index contributed by atoms with van der Waals surface area (Å²) in [4.78, 5) is 4.49. The molecule has 1 aliphatic heterocycles. The number of nitriles is 2. The maximum atomic E-state index is 9.83. The molecule has 1 aliphatic rings. The first-order chi connectivity index (χ1) is 18.2. The number of hydrazine groups is 2. The van der Waals surface area contributed by atoms with Crippen molar-refractivity contribution < 1.29 is 0 Å². The van der Waals surface area contributed by atoms with E-state index in [1.54, 1.807) is 12.3 Å². The van der Waals surface area contributed by atoms with E-state index in [9.17, 15) is 10.5 Å². The van der Waals surface area contributed by atoms with Crippen LogP contribution in [0, 0.1) is 28.1 Å². The Labute approximate surface area is 236 Å². The van der Waals surface area contributed by atoms with E-state index < -0.39 is 5.44 Å². The maximum Gasteiger partial charge on any atom is 0.148 e. The molecule has 0 aliphatic carbocycles. The first-order valence-corrected chi connectivity index (χ1v) is 13.2. The summed E-state index contributed by atoms with van der Waals surface area (Å²) in [5.41, 5.74) is 10.4. The summed E-state index contributed by atoms with van der Waals surface area (Å²) in [6.07, 6.45) is 3.59. The number of hydrogen-bond acceptors (Lipinski definition) is 8. The Morgan fingerprint density at radius 3 is 2.44 bits per heavy atom. The van der Waals surface area contributed by atoms with Crippen molar-refractivity contribution in [2.75, 3.05) is 17.2 Å². The van der Waals surface area contributed by atoms with Gasteiger partial charge in [0, 0.05) is 35.6 Å². The van der Waals surface area contributed by atoms with E-state index in [4.69, 9.17) is 11.6 Å². The first kappa shape index (κ1) is 28.1. The summed E-state index contributed by atoms with van der Waals surface area (Å²) in [6, 6.07) is 15.8. The number of pyridine rings is 1. The van der Waals surface area contributed by atoms with Crippen LogP contribution in [0.1, 0.15) is 58.2 Å². The molecule has 4 N–H and O–H groups in total. The Bertz CT molecular complexity index is 1520. The predicted octanol–water partition coefficient (Wildman–Crippen LogP) is 4.95. The van der Waals surface area contributed by atoms with Gasteiger partial charge >= 0.3 is 0 Å². The fourth-order valence-electron chi connectivity index (χ4n) is 4.37. The molecule has 0 fully saturated rings. The van der Waals surface area contributed by atoms with E-state index in [-0.39, 0.29) is 11.0 Å². The van der Waals surface area contributed by atoms with Crippen LogP contribution in [0.25, 0.3) is 10.9 Å². The molecule has 2 heterocycles. The molecule has 1 aromatic heterocycles. The summed E-state index contributed by atoms with van der Waals surface area (Å²) in [7, 11) is 2.05. The van der Waals surface area contributed by atoms with Crippen LogP contribution in [0.3, 0.4) is 0 Å². The molecule has 3 aromatic rings. The highest BCUT2D eigenvalue weighted by molar-refractivity contribution is 6.36. The van der Waals surface area contributed by atoms with Gasteiger partial charge in [0.05, 0.1) is 44.6 Å². The number of benzene rings is 2. The zero-order valence-corrected chi connectivity index (χ0v) is 24.2. The molecule has 0 radical (unpaired) electrons. The average molecular weight is 541 g/mol. The number of anilines is 2. The monoisotopic (exact) mass is 540 g/mol. The minimum Gasteiger partial charge on any atom is -0.383 e. The van der Waals surface area contributed by atoms with Crippen molar-refractivity contribution in [3.05, 3.63) is 76.2 Å². The SMILES string of the molecule is BC(Nc1cc(Cl)c2ncc(C#N)c(NCC(C)(C)C)c2c1)(C1=CN(C(C)(C)C)NN1)c1cccc(C#N)c1. The molecule has 0 spiro atoms. The highest BCUT2D eigenvalue weighted by atomic mass is 35.5. The summed E-state index contributed by atoms with van der Waals surface area (Å²) in [5.74, 6) is 0. The summed E-state index contributed by atoms with van der Waals surface area (Å²) >= 11 is 6.78. The van der Waals surface area contributed by atoms with Crippen LogP contribution in [0.4, 0.5) is 11.4 Å². The molecule has 0 saturated carbocycles. The van der Waals surface area contributed by atoms with Crippen LogP contribution < -0.4 is 21.6 Å². The second-order valence-electron chi connectivity index (χ2n) is 12.2. The molecule has 1 unspecified atom stereocenters. The number of nitrogens with one attached hydrogen (secondary N) is 4. The smallest absolute Gasteiger partial charge is 0.148 e. The number of rotatable bonds is 6. The standard InChI is InChI=1S/C29H34BClN8/c1-27(2,3)17-35-25-19(14-33)15-34-26-22(25)11-21(12-23(26)31)36-29(30,20-9-7-8-18(10-20)13-32)24-16-39(38-37-24)28(4,5)6/h7-12,15-16,36-38H,17,30H2,1-6H3,(H,34,35). The Morgan fingerprint density at radius 2 is 1.82 bits per heavy atom. The highest BCUT2D eigenvalue weighted by Gasteiger charge is 2.36. The second kappa shape index (κ2) is 10.3. The topological polar surface area (TPSA) is 112 Å². The molecule has 0 bridgehead atoms. The second-order valence-corrected chi connectivity index (χ2v) is 12.6. The van der Waals surface area contributed by atoms with E-state index in [1.165, 1.54) is 0 Å². The molecule has 10 heteroatoms. The van der Waals surface area contributed by atoms with Gasteiger partial charge in [-0.1, -0.05) is 44.5 Å². The van der Waals surface area contributed by atoms with Gasteiger partial charge in [0.15, 0.2) is 0 Å². The van der Waals surface area contributed by atoms with Crippen molar-refractivity contribution in [3.8, 4) is 12.1 Å². The van der Waals surface area contributed by atoms with Crippen molar-refractivity contribution >= 4 is 41.7 Å². The average Bonchev–Trinajstić information content (AvgIpc) is 3.39. The van der Waals surface area contributed by atoms with Gasteiger partial charge in [-0.15, -0.1) is 5.53 Å². The fourth-order valence-corrected chi connectivity index (χ4v) is 4.64. The van der Waals surface area contributed by atoms with Crippen molar-refractivity contribution in [1.82, 2.24) is 21.0 Å². The van der Waals surface area contributed by atoms with Gasteiger partial charge in [-0.3, -0.25) is 9.99 Å². The largest absolute Gasteiger partial charge is 0.383 e. The minimum atomic E-state index is -0.782. The van der Waals surface area contributed by atoms with Crippen molar-refractivity contribution in [2.24, 2.45) is 5.41 Å². The van der Waals surface area contributed by atoms with Gasteiger partial charge in [-0.25, -0.2) is 0 Å². The van der Waals surface area contributed by atoms with E-state index in [1.807, 2.05) is 41.5 Å². The quantitative estimate of drug-likeness (QED) is 0.325. The highest BCUT2D eigenvalue weighted by Crippen LogP contribution is 2.38. The lowest BCUT2D eigenvalue weighted by Gasteiger charge is -2.34. The van der Waals surface area contributed by atoms with Crippen LogP contribution in [0.2, 0.25) is 5.02 Å². The lowest BCUT2D eigenvalue weighted by atomic mass is 9.69. The third kappa shape index (κ3) is 5.91. The third-order valence-electron chi connectivity index (χ3n) is 6.63. The van der Waals surface area contributed by atoms with Crippen LogP contribution in [0.15, 0.2) is 54.5 Å². The number of hydrogen-bond donors (Lipinski definition) is 4. The molecule has 0 saturated heterocycles. The summed E-state index contributed by atoms with van der Waals surface area (Å²) in [6.45, 7) is 13.4. The Kier molecular flexibility index (Phi) is 7.45. The maximum absolute atomic E-state index is 9.83. The van der Waals surface area contributed by atoms with Gasteiger partial charge in [0.1, 0.15) is 13.9 Å². The molecular formula is C29H34BClN8. The van der Waals surface area contributed by atoms with Crippen molar-refractivity contribution in [1.29, 1.82) is 10.5 Å². The molecule has 200 valence electrons. The van der Waals surface area contributed by atoms with E-state index in [0.717, 1.165) is 22.3 Å². The molecule has 1 atom stereocenters. The lowest BCUT2D eigenvalue weighted by Crippen LogP contribution is -2.49. The molecule has 39 heavy (non-hydrogen) atoms. The molecular weight excluding hydrogens is 507 g/mol. The lowest BCUT2D eigenvalue weighted by molar-refractivity contribution is 0.138. The van der Waals surface area contributed by atoms with Gasteiger partial charge in [-0.05, 0) is 56.0 Å². The summed E-state index contributed by atoms with van der Waals surface area (Å²) in [5, 5.41) is 29.8. The Hall–Kier alpha value is -3.92. The van der Waals surface area contributed by atoms with Crippen LogP contribution in [0.5, 0.6) is 0 Å². The third-order valence-corrected chi connectivity index (χ3v) is 6.92. The Morgan fingerprint density at radius 1 is 1.08 bits per heavy atom. The zero-order valence-electron chi connectivity index (χ0n) is 23.5.